The topological polar surface area (TPSA) is 52.6 Å². The zero-order valence-electron chi connectivity index (χ0n) is 11.5. The maximum Gasteiger partial charge on any atom is 0.317 e. The molecule has 0 bridgehead atoms. The molecule has 1 heterocycles. The number of urea groups is 1. The molecule has 1 aromatic carbocycles. The van der Waals surface area contributed by atoms with Crippen molar-refractivity contribution in [3.8, 4) is 0 Å². The third kappa shape index (κ3) is 3.93. The van der Waals surface area contributed by atoms with Crippen molar-refractivity contribution in [2.75, 3.05) is 19.7 Å². The molecule has 0 unspecified atom stereocenters. The van der Waals surface area contributed by atoms with Crippen molar-refractivity contribution in [1.82, 2.24) is 10.2 Å². The Bertz CT molecular complexity index is 453. The van der Waals surface area contributed by atoms with Crippen LogP contribution in [0.25, 0.3) is 0 Å². The summed E-state index contributed by atoms with van der Waals surface area (Å²) in [5, 5.41) is 12.1. The standard InChI is InChI=1S/C15H21FN2O2/c16-13-5-3-4-12(10-13)7-8-17-15(20)18-9-2-1-6-14(18)11-19/h3-5,10,14,19H,1-2,6-9,11H2,(H,17,20)/t14-/m1/s1. The quantitative estimate of drug-likeness (QED) is 0.885. The van der Waals surface area contributed by atoms with Gasteiger partial charge in [-0.15, -0.1) is 0 Å². The summed E-state index contributed by atoms with van der Waals surface area (Å²) in [7, 11) is 0. The van der Waals surface area contributed by atoms with Crippen LogP contribution in [-0.4, -0.2) is 41.8 Å². The highest BCUT2D eigenvalue weighted by Crippen LogP contribution is 2.16. The van der Waals surface area contributed by atoms with E-state index in [1.807, 2.05) is 6.07 Å². The Balaban J connectivity index is 1.79. The molecule has 1 fully saturated rings. The van der Waals surface area contributed by atoms with E-state index in [2.05, 4.69) is 5.32 Å². The number of nitrogens with zero attached hydrogens (tertiary/aromatic N) is 1. The van der Waals surface area contributed by atoms with Crippen molar-refractivity contribution in [3.63, 3.8) is 0 Å². The molecule has 1 aromatic rings. The average molecular weight is 280 g/mol. The zero-order chi connectivity index (χ0) is 14.4. The van der Waals surface area contributed by atoms with Gasteiger partial charge in [0.2, 0.25) is 0 Å². The maximum atomic E-state index is 13.0. The lowest BCUT2D eigenvalue weighted by atomic mass is 10.0. The number of carbonyl (C=O) groups is 1. The molecule has 0 spiro atoms. The molecule has 0 aromatic heterocycles. The SMILES string of the molecule is O=C(NCCc1cccc(F)c1)N1CCCC[C@@H]1CO. The predicted octanol–water partition coefficient (Wildman–Crippen LogP) is 1.92. The summed E-state index contributed by atoms with van der Waals surface area (Å²) >= 11 is 0. The van der Waals surface area contributed by atoms with Gasteiger partial charge in [-0.05, 0) is 43.4 Å². The van der Waals surface area contributed by atoms with Gasteiger partial charge in [-0.2, -0.15) is 0 Å². The van der Waals surface area contributed by atoms with E-state index in [1.54, 1.807) is 11.0 Å². The molecule has 2 N–H and O–H groups in total. The number of halogens is 1. The van der Waals surface area contributed by atoms with Crippen LogP contribution in [-0.2, 0) is 6.42 Å². The summed E-state index contributed by atoms with van der Waals surface area (Å²) < 4.78 is 13.0. The van der Waals surface area contributed by atoms with Crippen LogP contribution in [0.3, 0.4) is 0 Å². The van der Waals surface area contributed by atoms with Crippen molar-refractivity contribution >= 4 is 6.03 Å². The van der Waals surface area contributed by atoms with E-state index >= 15 is 0 Å². The van der Waals surface area contributed by atoms with Gasteiger partial charge in [0.25, 0.3) is 0 Å². The average Bonchev–Trinajstić information content (AvgIpc) is 2.47. The Hall–Kier alpha value is -1.62. The summed E-state index contributed by atoms with van der Waals surface area (Å²) in [5.74, 6) is -0.259. The van der Waals surface area contributed by atoms with Gasteiger partial charge in [-0.3, -0.25) is 0 Å². The fourth-order valence-electron chi connectivity index (χ4n) is 2.57. The molecule has 0 saturated carbocycles. The largest absolute Gasteiger partial charge is 0.394 e. The number of nitrogens with one attached hydrogen (secondary N) is 1. The second-order valence-electron chi connectivity index (χ2n) is 5.14. The molecule has 4 nitrogen and oxygen atoms in total. The highest BCUT2D eigenvalue weighted by molar-refractivity contribution is 5.74. The second-order valence-corrected chi connectivity index (χ2v) is 5.14. The van der Waals surface area contributed by atoms with Crippen molar-refractivity contribution in [3.05, 3.63) is 35.6 Å². The first-order valence-corrected chi connectivity index (χ1v) is 7.10. The highest BCUT2D eigenvalue weighted by Gasteiger charge is 2.25. The first kappa shape index (κ1) is 14.8. The summed E-state index contributed by atoms with van der Waals surface area (Å²) in [6.07, 6.45) is 3.49. The van der Waals surface area contributed by atoms with E-state index in [9.17, 15) is 14.3 Å². The molecule has 2 rings (SSSR count). The number of aliphatic hydroxyl groups excluding tert-OH is 1. The molecular formula is C15H21FN2O2. The molecule has 20 heavy (non-hydrogen) atoms. The fourth-order valence-corrected chi connectivity index (χ4v) is 2.57. The minimum absolute atomic E-state index is 0.0112. The fraction of sp³-hybridized carbons (Fsp3) is 0.533. The number of aliphatic hydroxyl groups is 1. The number of likely N-dealkylation sites (tertiary alicyclic amines) is 1. The normalized spacial score (nSPS) is 18.9. The molecule has 1 saturated heterocycles. The number of piperidine rings is 1. The van der Waals surface area contributed by atoms with Crippen LogP contribution < -0.4 is 5.32 Å². The Morgan fingerprint density at radius 2 is 2.30 bits per heavy atom. The Labute approximate surface area is 118 Å². The van der Waals surface area contributed by atoms with Crippen LogP contribution in [0.15, 0.2) is 24.3 Å². The van der Waals surface area contributed by atoms with E-state index in [4.69, 9.17) is 0 Å². The number of hydrogen-bond donors (Lipinski definition) is 2. The maximum absolute atomic E-state index is 13.0. The lowest BCUT2D eigenvalue weighted by molar-refractivity contribution is 0.108. The van der Waals surface area contributed by atoms with Gasteiger partial charge in [0.05, 0.1) is 12.6 Å². The number of carbonyl (C=O) groups excluding carboxylic acids is 1. The third-order valence-electron chi connectivity index (χ3n) is 3.68. The van der Waals surface area contributed by atoms with Gasteiger partial charge < -0.3 is 15.3 Å². The molecular weight excluding hydrogens is 259 g/mol. The summed E-state index contributed by atoms with van der Waals surface area (Å²) in [4.78, 5) is 13.8. The molecule has 110 valence electrons. The number of rotatable bonds is 4. The van der Waals surface area contributed by atoms with Crippen molar-refractivity contribution in [2.45, 2.75) is 31.7 Å². The van der Waals surface area contributed by atoms with Gasteiger partial charge in [0.1, 0.15) is 5.82 Å². The predicted molar refractivity (Wildman–Crippen MR) is 74.9 cm³/mol. The van der Waals surface area contributed by atoms with E-state index in [-0.39, 0.29) is 24.5 Å². The number of amides is 2. The zero-order valence-corrected chi connectivity index (χ0v) is 11.5. The van der Waals surface area contributed by atoms with Gasteiger partial charge >= 0.3 is 6.03 Å². The molecule has 2 amide bonds. The minimum atomic E-state index is -0.259. The van der Waals surface area contributed by atoms with Gasteiger partial charge in [0.15, 0.2) is 0 Å². The number of hydrogen-bond acceptors (Lipinski definition) is 2. The Morgan fingerprint density at radius 1 is 1.45 bits per heavy atom. The van der Waals surface area contributed by atoms with Crippen LogP contribution in [0.1, 0.15) is 24.8 Å². The summed E-state index contributed by atoms with van der Waals surface area (Å²) in [6.45, 7) is 1.17. The molecule has 0 aliphatic carbocycles. The smallest absolute Gasteiger partial charge is 0.317 e. The minimum Gasteiger partial charge on any atom is -0.394 e. The third-order valence-corrected chi connectivity index (χ3v) is 3.68. The first-order valence-electron chi connectivity index (χ1n) is 7.10. The van der Waals surface area contributed by atoms with Crippen LogP contribution in [0, 0.1) is 5.82 Å². The van der Waals surface area contributed by atoms with Gasteiger partial charge in [-0.1, -0.05) is 12.1 Å². The molecule has 5 heteroatoms. The number of benzene rings is 1. The molecule has 1 atom stereocenters. The van der Waals surface area contributed by atoms with Gasteiger partial charge in [0, 0.05) is 13.1 Å². The van der Waals surface area contributed by atoms with E-state index < -0.39 is 0 Å². The van der Waals surface area contributed by atoms with E-state index in [0.29, 0.717) is 19.5 Å². The monoisotopic (exact) mass is 280 g/mol. The lowest BCUT2D eigenvalue weighted by Crippen LogP contribution is -2.50. The van der Waals surface area contributed by atoms with Gasteiger partial charge in [-0.25, -0.2) is 9.18 Å². The van der Waals surface area contributed by atoms with E-state index in [1.165, 1.54) is 12.1 Å². The molecule has 1 aliphatic heterocycles. The van der Waals surface area contributed by atoms with E-state index in [0.717, 1.165) is 24.8 Å². The van der Waals surface area contributed by atoms with Crippen LogP contribution in [0.4, 0.5) is 9.18 Å². The summed E-state index contributed by atoms with van der Waals surface area (Å²) in [5.41, 5.74) is 0.864. The summed E-state index contributed by atoms with van der Waals surface area (Å²) in [6, 6.07) is 6.18. The van der Waals surface area contributed by atoms with Crippen LogP contribution in [0.2, 0.25) is 0 Å². The molecule has 1 aliphatic rings. The van der Waals surface area contributed by atoms with Crippen LogP contribution in [0.5, 0.6) is 0 Å². The lowest BCUT2D eigenvalue weighted by Gasteiger charge is -2.34. The Kier molecular flexibility index (Phi) is 5.35. The first-order chi connectivity index (χ1) is 9.70. The second kappa shape index (κ2) is 7.24. The highest BCUT2D eigenvalue weighted by atomic mass is 19.1. The Morgan fingerprint density at radius 3 is 3.05 bits per heavy atom. The molecule has 0 radical (unpaired) electrons. The van der Waals surface area contributed by atoms with Crippen molar-refractivity contribution in [2.24, 2.45) is 0 Å². The van der Waals surface area contributed by atoms with Crippen molar-refractivity contribution in [1.29, 1.82) is 0 Å². The van der Waals surface area contributed by atoms with Crippen LogP contribution >= 0.6 is 0 Å². The van der Waals surface area contributed by atoms with Crippen molar-refractivity contribution < 1.29 is 14.3 Å².